The SMILES string of the molecule is CCOC(=O)C1CCC(O)(CSC2CCCC2)CC1. The molecule has 0 amide bonds. The summed E-state index contributed by atoms with van der Waals surface area (Å²) in [5.41, 5.74) is -0.545. The van der Waals surface area contributed by atoms with E-state index in [-0.39, 0.29) is 11.9 Å². The molecule has 19 heavy (non-hydrogen) atoms. The van der Waals surface area contributed by atoms with Crippen molar-refractivity contribution in [2.45, 2.75) is 69.1 Å². The molecule has 4 heteroatoms. The molecule has 0 aromatic carbocycles. The fourth-order valence-corrected chi connectivity index (χ4v) is 4.62. The number of hydrogen-bond donors (Lipinski definition) is 1. The number of aliphatic hydroxyl groups is 1. The second-order valence-electron chi connectivity index (χ2n) is 5.97. The van der Waals surface area contributed by atoms with Gasteiger partial charge in [0.25, 0.3) is 0 Å². The average Bonchev–Trinajstić information content (AvgIpc) is 2.91. The van der Waals surface area contributed by atoms with Gasteiger partial charge in [-0.15, -0.1) is 0 Å². The Labute approximate surface area is 120 Å². The molecular formula is C15H26O3S. The van der Waals surface area contributed by atoms with Crippen LogP contribution in [0.25, 0.3) is 0 Å². The van der Waals surface area contributed by atoms with Crippen molar-refractivity contribution >= 4 is 17.7 Å². The second kappa shape index (κ2) is 6.98. The van der Waals surface area contributed by atoms with Crippen LogP contribution in [-0.2, 0) is 9.53 Å². The highest BCUT2D eigenvalue weighted by Crippen LogP contribution is 2.38. The van der Waals surface area contributed by atoms with E-state index in [2.05, 4.69) is 0 Å². The third kappa shape index (κ3) is 4.38. The predicted molar refractivity (Wildman–Crippen MR) is 78.3 cm³/mol. The van der Waals surface area contributed by atoms with E-state index in [1.165, 1.54) is 25.7 Å². The maximum atomic E-state index is 11.7. The molecule has 0 aromatic heterocycles. The summed E-state index contributed by atoms with van der Waals surface area (Å²) in [6, 6.07) is 0. The van der Waals surface area contributed by atoms with Gasteiger partial charge in [-0.25, -0.2) is 0 Å². The highest BCUT2D eigenvalue weighted by Gasteiger charge is 2.36. The van der Waals surface area contributed by atoms with E-state index in [4.69, 9.17) is 4.74 Å². The lowest BCUT2D eigenvalue weighted by atomic mass is 9.80. The normalized spacial score (nSPS) is 32.4. The molecule has 0 aromatic rings. The molecule has 2 fully saturated rings. The van der Waals surface area contributed by atoms with Crippen LogP contribution in [0.4, 0.5) is 0 Å². The van der Waals surface area contributed by atoms with Crippen molar-refractivity contribution in [3.63, 3.8) is 0 Å². The summed E-state index contributed by atoms with van der Waals surface area (Å²) >= 11 is 1.94. The van der Waals surface area contributed by atoms with Crippen molar-refractivity contribution in [3.8, 4) is 0 Å². The van der Waals surface area contributed by atoms with Crippen molar-refractivity contribution in [2.24, 2.45) is 5.92 Å². The number of ether oxygens (including phenoxy) is 1. The van der Waals surface area contributed by atoms with Gasteiger partial charge in [0.05, 0.1) is 18.1 Å². The van der Waals surface area contributed by atoms with Crippen molar-refractivity contribution in [3.05, 3.63) is 0 Å². The minimum Gasteiger partial charge on any atom is -0.466 e. The maximum Gasteiger partial charge on any atom is 0.308 e. The van der Waals surface area contributed by atoms with E-state index in [9.17, 15) is 9.90 Å². The molecule has 0 saturated heterocycles. The molecule has 3 nitrogen and oxygen atoms in total. The molecule has 0 atom stereocenters. The van der Waals surface area contributed by atoms with E-state index >= 15 is 0 Å². The highest BCUT2D eigenvalue weighted by molar-refractivity contribution is 8.00. The van der Waals surface area contributed by atoms with Gasteiger partial charge in [0, 0.05) is 11.0 Å². The van der Waals surface area contributed by atoms with Gasteiger partial charge in [0.2, 0.25) is 0 Å². The minimum atomic E-state index is -0.545. The molecule has 2 saturated carbocycles. The van der Waals surface area contributed by atoms with Crippen LogP contribution in [0.2, 0.25) is 0 Å². The number of hydrogen-bond acceptors (Lipinski definition) is 4. The fourth-order valence-electron chi connectivity index (χ4n) is 3.12. The standard InChI is InChI=1S/C15H26O3S/c1-2-18-14(16)12-7-9-15(17,10-8-12)11-19-13-5-3-4-6-13/h12-13,17H,2-11H2,1H3. The zero-order chi connectivity index (χ0) is 13.7. The van der Waals surface area contributed by atoms with Crippen LogP contribution in [0, 0.1) is 5.92 Å². The van der Waals surface area contributed by atoms with Crippen LogP contribution >= 0.6 is 11.8 Å². The summed E-state index contributed by atoms with van der Waals surface area (Å²) in [7, 11) is 0. The van der Waals surface area contributed by atoms with Gasteiger partial charge >= 0.3 is 5.97 Å². The lowest BCUT2D eigenvalue weighted by molar-refractivity contribution is -0.150. The van der Waals surface area contributed by atoms with Crippen LogP contribution in [0.1, 0.15) is 58.3 Å². The first-order chi connectivity index (χ1) is 9.13. The number of rotatable bonds is 5. The molecule has 2 rings (SSSR count). The summed E-state index contributed by atoms with van der Waals surface area (Å²) in [4.78, 5) is 11.7. The maximum absolute atomic E-state index is 11.7. The van der Waals surface area contributed by atoms with Crippen molar-refractivity contribution in [2.75, 3.05) is 12.4 Å². The van der Waals surface area contributed by atoms with Gasteiger partial charge in [-0.05, 0) is 45.4 Å². The lowest BCUT2D eigenvalue weighted by Crippen LogP contribution is -2.39. The first-order valence-electron chi connectivity index (χ1n) is 7.63. The quantitative estimate of drug-likeness (QED) is 0.789. The van der Waals surface area contributed by atoms with Crippen molar-refractivity contribution < 1.29 is 14.6 Å². The van der Waals surface area contributed by atoms with Crippen molar-refractivity contribution in [1.29, 1.82) is 0 Å². The fraction of sp³-hybridized carbons (Fsp3) is 0.933. The Morgan fingerprint density at radius 2 is 1.89 bits per heavy atom. The first-order valence-corrected chi connectivity index (χ1v) is 8.68. The Morgan fingerprint density at radius 3 is 2.47 bits per heavy atom. The third-order valence-electron chi connectivity index (χ3n) is 4.43. The smallest absolute Gasteiger partial charge is 0.308 e. The summed E-state index contributed by atoms with van der Waals surface area (Å²) < 4.78 is 5.06. The molecule has 0 heterocycles. The topological polar surface area (TPSA) is 46.5 Å². The van der Waals surface area contributed by atoms with Gasteiger partial charge in [0.15, 0.2) is 0 Å². The first kappa shape index (κ1) is 15.2. The Hall–Kier alpha value is -0.220. The van der Waals surface area contributed by atoms with Crippen molar-refractivity contribution in [1.82, 2.24) is 0 Å². The summed E-state index contributed by atoms with van der Waals surface area (Å²) in [5.74, 6) is 0.775. The van der Waals surface area contributed by atoms with Crippen LogP contribution in [0.3, 0.4) is 0 Å². The van der Waals surface area contributed by atoms with Crippen LogP contribution < -0.4 is 0 Å². The molecule has 2 aliphatic carbocycles. The van der Waals surface area contributed by atoms with E-state index in [0.717, 1.165) is 36.7 Å². The second-order valence-corrected chi connectivity index (χ2v) is 7.26. The molecular weight excluding hydrogens is 260 g/mol. The Kier molecular flexibility index (Phi) is 5.58. The summed E-state index contributed by atoms with van der Waals surface area (Å²) in [5, 5.41) is 11.3. The van der Waals surface area contributed by atoms with Gasteiger partial charge in [-0.3, -0.25) is 4.79 Å². The predicted octanol–water partition coefficient (Wildman–Crippen LogP) is 3.15. The Balaban J connectivity index is 1.72. The van der Waals surface area contributed by atoms with Gasteiger partial charge in [0.1, 0.15) is 0 Å². The third-order valence-corrected chi connectivity index (χ3v) is 6.07. The van der Waals surface area contributed by atoms with E-state index in [1.54, 1.807) is 0 Å². The zero-order valence-electron chi connectivity index (χ0n) is 11.9. The van der Waals surface area contributed by atoms with E-state index in [1.807, 2.05) is 18.7 Å². The minimum absolute atomic E-state index is 0.0108. The molecule has 0 unspecified atom stereocenters. The number of esters is 1. The number of carbonyl (C=O) groups excluding carboxylic acids is 1. The van der Waals surface area contributed by atoms with Gasteiger partial charge in [-0.1, -0.05) is 12.8 Å². The molecule has 1 N–H and O–H groups in total. The van der Waals surface area contributed by atoms with Gasteiger partial charge in [-0.2, -0.15) is 11.8 Å². The number of carbonyl (C=O) groups is 1. The van der Waals surface area contributed by atoms with Crippen LogP contribution in [0.15, 0.2) is 0 Å². The van der Waals surface area contributed by atoms with Crippen LogP contribution in [-0.4, -0.2) is 34.3 Å². The number of thioether (sulfide) groups is 1. The largest absolute Gasteiger partial charge is 0.466 e. The lowest BCUT2D eigenvalue weighted by Gasteiger charge is -2.35. The van der Waals surface area contributed by atoms with E-state index in [0.29, 0.717) is 6.61 Å². The molecule has 0 spiro atoms. The summed E-state index contributed by atoms with van der Waals surface area (Å²) in [6.07, 6.45) is 8.37. The Morgan fingerprint density at radius 1 is 1.26 bits per heavy atom. The average molecular weight is 286 g/mol. The molecule has 0 radical (unpaired) electrons. The monoisotopic (exact) mass is 286 g/mol. The molecule has 0 aliphatic heterocycles. The molecule has 2 aliphatic rings. The van der Waals surface area contributed by atoms with Crippen LogP contribution in [0.5, 0.6) is 0 Å². The Bertz CT molecular complexity index is 292. The molecule has 110 valence electrons. The zero-order valence-corrected chi connectivity index (χ0v) is 12.7. The molecule has 0 bridgehead atoms. The highest BCUT2D eigenvalue weighted by atomic mass is 32.2. The summed E-state index contributed by atoms with van der Waals surface area (Å²) in [6.45, 7) is 2.30. The van der Waals surface area contributed by atoms with E-state index < -0.39 is 5.60 Å². The van der Waals surface area contributed by atoms with Gasteiger partial charge < -0.3 is 9.84 Å².